The maximum atomic E-state index is 13.7. The number of ether oxygens (including phenoxy) is 1. The van der Waals surface area contributed by atoms with Gasteiger partial charge in [-0.3, -0.25) is 0 Å². The van der Waals surface area contributed by atoms with E-state index in [0.717, 1.165) is 0 Å². The third-order valence-corrected chi connectivity index (χ3v) is 3.91. The van der Waals surface area contributed by atoms with Gasteiger partial charge in [0.25, 0.3) is 0 Å². The average Bonchev–Trinajstić information content (AvgIpc) is 3.05. The van der Waals surface area contributed by atoms with E-state index in [4.69, 9.17) is 10.5 Å². The molecular weight excluding hydrogens is 363 g/mol. The largest absolute Gasteiger partial charge is 0.496 e. The van der Waals surface area contributed by atoms with E-state index >= 15 is 0 Å². The summed E-state index contributed by atoms with van der Waals surface area (Å²) < 4.78 is 47.9. The standard InChI is InChI=1S/C16H16F3N7O/c1-21-14-12(16(17,18)19)13(23-15(20)24-14)9-5-4-8(6-11(9)27-3)10-7-22-25-26(10)2/h4-7H,1-3H3,(H3,20,21,23,24). The number of anilines is 2. The van der Waals surface area contributed by atoms with E-state index < -0.39 is 17.6 Å². The molecule has 2 heterocycles. The van der Waals surface area contributed by atoms with Crippen molar-refractivity contribution in [1.82, 2.24) is 25.0 Å². The van der Waals surface area contributed by atoms with Gasteiger partial charge in [-0.15, -0.1) is 5.10 Å². The summed E-state index contributed by atoms with van der Waals surface area (Å²) in [4.78, 5) is 7.48. The van der Waals surface area contributed by atoms with Gasteiger partial charge in [-0.25, -0.2) is 9.67 Å². The number of nitrogens with zero attached hydrogens (tertiary/aromatic N) is 5. The second-order valence-electron chi connectivity index (χ2n) is 5.56. The molecule has 0 radical (unpaired) electrons. The highest BCUT2D eigenvalue weighted by Gasteiger charge is 2.39. The lowest BCUT2D eigenvalue weighted by molar-refractivity contribution is -0.136. The van der Waals surface area contributed by atoms with Crippen molar-refractivity contribution in [2.45, 2.75) is 6.18 Å². The molecular formula is C16H16F3N7O. The zero-order chi connectivity index (χ0) is 19.8. The number of aryl methyl sites for hydroxylation is 1. The molecule has 0 saturated carbocycles. The number of alkyl halides is 3. The van der Waals surface area contributed by atoms with Crippen LogP contribution < -0.4 is 15.8 Å². The van der Waals surface area contributed by atoms with E-state index in [1.165, 1.54) is 31.1 Å². The molecule has 2 aromatic heterocycles. The number of hydrogen-bond acceptors (Lipinski definition) is 7. The quantitative estimate of drug-likeness (QED) is 0.718. The van der Waals surface area contributed by atoms with Gasteiger partial charge in [-0.1, -0.05) is 11.3 Å². The van der Waals surface area contributed by atoms with E-state index in [-0.39, 0.29) is 23.0 Å². The van der Waals surface area contributed by atoms with Crippen LogP contribution in [0.3, 0.4) is 0 Å². The second kappa shape index (κ2) is 6.74. The van der Waals surface area contributed by atoms with Crippen LogP contribution in [0.5, 0.6) is 5.75 Å². The van der Waals surface area contributed by atoms with Crippen molar-refractivity contribution in [3.05, 3.63) is 30.0 Å². The molecule has 1 aromatic carbocycles. The third kappa shape index (κ3) is 3.35. The molecule has 3 aromatic rings. The normalized spacial score (nSPS) is 11.5. The second-order valence-corrected chi connectivity index (χ2v) is 5.56. The number of halogens is 3. The molecule has 0 bridgehead atoms. The van der Waals surface area contributed by atoms with Crippen LogP contribution in [-0.2, 0) is 13.2 Å². The molecule has 0 unspecified atom stereocenters. The predicted octanol–water partition coefficient (Wildman–Crippen LogP) is 2.59. The summed E-state index contributed by atoms with van der Waals surface area (Å²) in [6.45, 7) is 0. The van der Waals surface area contributed by atoms with Crippen LogP contribution >= 0.6 is 0 Å². The summed E-state index contributed by atoms with van der Waals surface area (Å²) in [5.74, 6) is -0.504. The first-order chi connectivity index (χ1) is 12.8. The fourth-order valence-electron chi connectivity index (χ4n) is 2.72. The van der Waals surface area contributed by atoms with Crippen LogP contribution in [-0.4, -0.2) is 39.1 Å². The number of hydrogen-bond donors (Lipinski definition) is 2. The molecule has 0 spiro atoms. The minimum Gasteiger partial charge on any atom is -0.496 e. The Kier molecular flexibility index (Phi) is 4.60. The van der Waals surface area contributed by atoms with Crippen molar-refractivity contribution in [3.8, 4) is 28.3 Å². The van der Waals surface area contributed by atoms with Crippen LogP contribution in [0.4, 0.5) is 24.9 Å². The fourth-order valence-corrected chi connectivity index (χ4v) is 2.72. The number of methoxy groups -OCH3 is 1. The van der Waals surface area contributed by atoms with Gasteiger partial charge in [0.2, 0.25) is 5.95 Å². The number of nitrogens with two attached hydrogens (primary N) is 1. The van der Waals surface area contributed by atoms with Gasteiger partial charge in [0.15, 0.2) is 0 Å². The van der Waals surface area contributed by atoms with Crippen LogP contribution in [0, 0.1) is 0 Å². The first kappa shape index (κ1) is 18.4. The molecule has 3 rings (SSSR count). The average molecular weight is 379 g/mol. The van der Waals surface area contributed by atoms with Crippen molar-refractivity contribution in [2.24, 2.45) is 7.05 Å². The van der Waals surface area contributed by atoms with Crippen LogP contribution in [0.1, 0.15) is 5.56 Å². The lowest BCUT2D eigenvalue weighted by Crippen LogP contribution is -2.15. The molecule has 0 saturated heterocycles. The van der Waals surface area contributed by atoms with Gasteiger partial charge in [0, 0.05) is 25.2 Å². The van der Waals surface area contributed by atoms with Crippen molar-refractivity contribution in [1.29, 1.82) is 0 Å². The van der Waals surface area contributed by atoms with E-state index in [1.54, 1.807) is 19.2 Å². The molecule has 3 N–H and O–H groups in total. The van der Waals surface area contributed by atoms with Crippen molar-refractivity contribution < 1.29 is 17.9 Å². The van der Waals surface area contributed by atoms with Crippen LogP contribution in [0.25, 0.3) is 22.5 Å². The van der Waals surface area contributed by atoms with Gasteiger partial charge >= 0.3 is 6.18 Å². The van der Waals surface area contributed by atoms with Crippen molar-refractivity contribution >= 4 is 11.8 Å². The molecule has 27 heavy (non-hydrogen) atoms. The fraction of sp³-hybridized carbons (Fsp3) is 0.250. The maximum Gasteiger partial charge on any atom is 0.422 e. The summed E-state index contributed by atoms with van der Waals surface area (Å²) in [5.41, 5.74) is 5.70. The first-order valence-corrected chi connectivity index (χ1v) is 7.72. The monoisotopic (exact) mass is 379 g/mol. The molecule has 0 atom stereocenters. The van der Waals surface area contributed by atoms with Gasteiger partial charge in [0.05, 0.1) is 24.7 Å². The zero-order valence-electron chi connectivity index (χ0n) is 14.7. The Labute approximate surface area is 152 Å². The molecule has 0 aliphatic rings. The highest BCUT2D eigenvalue weighted by atomic mass is 19.4. The SMILES string of the molecule is CNc1nc(N)nc(-c2ccc(-c3cnnn3C)cc2OC)c1C(F)(F)F. The van der Waals surface area contributed by atoms with E-state index in [1.807, 2.05) is 0 Å². The van der Waals surface area contributed by atoms with E-state index in [9.17, 15) is 13.2 Å². The molecule has 0 aliphatic carbocycles. The highest BCUT2D eigenvalue weighted by molar-refractivity contribution is 5.78. The first-order valence-electron chi connectivity index (χ1n) is 7.72. The summed E-state index contributed by atoms with van der Waals surface area (Å²) in [6.07, 6.45) is -3.16. The number of rotatable bonds is 4. The Balaban J connectivity index is 2.25. The van der Waals surface area contributed by atoms with Gasteiger partial charge in [-0.05, 0) is 12.1 Å². The molecule has 8 nitrogen and oxygen atoms in total. The smallest absolute Gasteiger partial charge is 0.422 e. The lowest BCUT2D eigenvalue weighted by Gasteiger charge is -2.18. The number of aromatic nitrogens is 5. The molecule has 0 aliphatic heterocycles. The topological polar surface area (TPSA) is 104 Å². The van der Waals surface area contributed by atoms with E-state index in [2.05, 4.69) is 25.6 Å². The lowest BCUT2D eigenvalue weighted by atomic mass is 10.0. The van der Waals surface area contributed by atoms with Gasteiger partial charge in [0.1, 0.15) is 17.1 Å². The zero-order valence-corrected chi connectivity index (χ0v) is 14.7. The third-order valence-electron chi connectivity index (χ3n) is 3.91. The molecule has 11 heteroatoms. The highest BCUT2D eigenvalue weighted by Crippen LogP contribution is 2.43. The Morgan fingerprint density at radius 3 is 2.52 bits per heavy atom. The Morgan fingerprint density at radius 1 is 1.22 bits per heavy atom. The van der Waals surface area contributed by atoms with Crippen LogP contribution in [0.15, 0.2) is 24.4 Å². The Hall–Kier alpha value is -3.37. The maximum absolute atomic E-state index is 13.7. The minimum absolute atomic E-state index is 0.134. The van der Waals surface area contributed by atoms with Gasteiger partial charge in [-0.2, -0.15) is 18.2 Å². The summed E-state index contributed by atoms with van der Waals surface area (Å²) in [6, 6.07) is 4.71. The molecule has 0 amide bonds. The Morgan fingerprint density at radius 2 is 1.96 bits per heavy atom. The number of nitrogens with one attached hydrogen (secondary N) is 1. The summed E-state index contributed by atoms with van der Waals surface area (Å²) in [5, 5.41) is 10.1. The predicted molar refractivity (Wildman–Crippen MR) is 93.0 cm³/mol. The summed E-state index contributed by atoms with van der Waals surface area (Å²) in [7, 11) is 4.40. The van der Waals surface area contributed by atoms with Crippen molar-refractivity contribution in [3.63, 3.8) is 0 Å². The van der Waals surface area contributed by atoms with E-state index in [0.29, 0.717) is 11.3 Å². The van der Waals surface area contributed by atoms with Crippen molar-refractivity contribution in [2.75, 3.05) is 25.2 Å². The molecule has 0 fully saturated rings. The number of nitrogen functional groups attached to an aromatic ring is 1. The number of benzene rings is 1. The Bertz CT molecular complexity index is 985. The minimum atomic E-state index is -4.70. The van der Waals surface area contributed by atoms with Crippen LogP contribution in [0.2, 0.25) is 0 Å². The van der Waals surface area contributed by atoms with Gasteiger partial charge < -0.3 is 15.8 Å². The molecule has 142 valence electrons. The summed E-state index contributed by atoms with van der Waals surface area (Å²) >= 11 is 0.